The first kappa shape index (κ1) is 31.9. The van der Waals surface area contributed by atoms with Gasteiger partial charge in [0.05, 0.1) is 27.8 Å². The van der Waals surface area contributed by atoms with Crippen molar-refractivity contribution in [2.45, 2.75) is 5.41 Å². The SMILES string of the molecule is c1ccc(-c2cccc(-n3c4ccccc4c4cc(-c5ccc6c(c5)-c5ccccc5C65c6ccccc6N(c6ccccc6)c6ccccc65)ccc43)c2)cc1. The number of hydrogen-bond donors (Lipinski definition) is 0. The Morgan fingerprint density at radius 3 is 1.63 bits per heavy atom. The molecule has 2 nitrogen and oxygen atoms in total. The molecule has 0 N–H and O–H groups in total. The van der Waals surface area contributed by atoms with Gasteiger partial charge in [0.25, 0.3) is 0 Å². The molecule has 0 amide bonds. The quantitative estimate of drug-likeness (QED) is 0.175. The van der Waals surface area contributed by atoms with Gasteiger partial charge in [-0.15, -0.1) is 0 Å². The van der Waals surface area contributed by atoms with Crippen molar-refractivity contribution in [3.63, 3.8) is 0 Å². The van der Waals surface area contributed by atoms with Gasteiger partial charge in [-0.1, -0.05) is 158 Å². The second kappa shape index (κ2) is 12.3. The lowest BCUT2D eigenvalue weighted by Crippen LogP contribution is -2.36. The summed E-state index contributed by atoms with van der Waals surface area (Å²) in [4.78, 5) is 2.44. The molecule has 0 saturated heterocycles. The second-order valence-electron chi connectivity index (χ2n) is 15.3. The van der Waals surface area contributed by atoms with E-state index in [1.54, 1.807) is 0 Å². The number of hydrogen-bond acceptors (Lipinski definition) is 1. The Morgan fingerprint density at radius 2 is 0.842 bits per heavy atom. The zero-order valence-electron chi connectivity index (χ0n) is 31.2. The molecule has 1 aliphatic carbocycles. The van der Waals surface area contributed by atoms with Gasteiger partial charge in [0.2, 0.25) is 0 Å². The van der Waals surface area contributed by atoms with Gasteiger partial charge in [-0.25, -0.2) is 0 Å². The summed E-state index contributed by atoms with van der Waals surface area (Å²) in [6.07, 6.45) is 0. The van der Waals surface area contributed by atoms with Gasteiger partial charge in [0, 0.05) is 22.1 Å². The molecule has 2 heterocycles. The third kappa shape index (κ3) is 4.53. The van der Waals surface area contributed by atoms with Crippen LogP contribution in [-0.4, -0.2) is 4.57 Å². The normalized spacial score (nSPS) is 13.4. The molecular formula is C55H36N2. The fraction of sp³-hybridized carbons (Fsp3) is 0.0182. The molecule has 1 spiro atoms. The molecule has 2 heteroatoms. The molecule has 0 atom stereocenters. The van der Waals surface area contributed by atoms with Crippen LogP contribution < -0.4 is 4.90 Å². The molecule has 0 fully saturated rings. The summed E-state index contributed by atoms with van der Waals surface area (Å²) in [6.45, 7) is 0. The highest BCUT2D eigenvalue weighted by Gasteiger charge is 2.51. The van der Waals surface area contributed by atoms with Gasteiger partial charge in [0.15, 0.2) is 0 Å². The van der Waals surface area contributed by atoms with E-state index in [9.17, 15) is 0 Å². The Morgan fingerprint density at radius 1 is 0.298 bits per heavy atom. The maximum absolute atomic E-state index is 2.45. The van der Waals surface area contributed by atoms with Crippen LogP contribution in [0.15, 0.2) is 218 Å². The molecule has 266 valence electrons. The first-order chi connectivity index (χ1) is 28.3. The zero-order valence-corrected chi connectivity index (χ0v) is 31.2. The van der Waals surface area contributed by atoms with E-state index in [4.69, 9.17) is 0 Å². The highest BCUT2D eigenvalue weighted by Crippen LogP contribution is 2.63. The van der Waals surface area contributed by atoms with E-state index in [0.29, 0.717) is 0 Å². The molecule has 12 rings (SSSR count). The Labute approximate surface area is 332 Å². The Hall–Kier alpha value is -7.42. The molecule has 0 unspecified atom stereocenters. The van der Waals surface area contributed by atoms with Crippen LogP contribution in [0.25, 0.3) is 60.9 Å². The number of rotatable bonds is 4. The molecular weight excluding hydrogens is 689 g/mol. The lowest BCUT2D eigenvalue weighted by atomic mass is 9.64. The molecule has 2 aliphatic rings. The van der Waals surface area contributed by atoms with Crippen molar-refractivity contribution in [2.75, 3.05) is 4.90 Å². The molecule has 1 aliphatic heterocycles. The summed E-state index contributed by atoms with van der Waals surface area (Å²) < 4.78 is 2.42. The van der Waals surface area contributed by atoms with Gasteiger partial charge in [-0.05, 0) is 116 Å². The summed E-state index contributed by atoms with van der Waals surface area (Å²) in [6, 6.07) is 80.5. The number of fused-ring (bicyclic) bond motifs is 12. The third-order valence-corrected chi connectivity index (χ3v) is 12.4. The van der Waals surface area contributed by atoms with E-state index >= 15 is 0 Å². The van der Waals surface area contributed by atoms with E-state index in [2.05, 4.69) is 228 Å². The van der Waals surface area contributed by atoms with Gasteiger partial charge in [-0.3, -0.25) is 0 Å². The zero-order chi connectivity index (χ0) is 37.5. The smallest absolute Gasteiger partial charge is 0.0754 e. The summed E-state index contributed by atoms with van der Waals surface area (Å²) in [5, 5.41) is 2.50. The van der Waals surface area contributed by atoms with Crippen molar-refractivity contribution in [3.05, 3.63) is 241 Å². The van der Waals surface area contributed by atoms with E-state index in [0.717, 1.165) is 11.4 Å². The third-order valence-electron chi connectivity index (χ3n) is 12.4. The van der Waals surface area contributed by atoms with Crippen molar-refractivity contribution in [1.82, 2.24) is 4.57 Å². The van der Waals surface area contributed by atoms with Crippen molar-refractivity contribution < 1.29 is 0 Å². The van der Waals surface area contributed by atoms with Crippen LogP contribution >= 0.6 is 0 Å². The van der Waals surface area contributed by atoms with Crippen molar-refractivity contribution in [2.24, 2.45) is 0 Å². The van der Waals surface area contributed by atoms with Crippen LogP contribution in [0, 0.1) is 0 Å². The largest absolute Gasteiger partial charge is 0.310 e. The number of para-hydroxylation sites is 4. The lowest BCUT2D eigenvalue weighted by molar-refractivity contribution is 0.753. The minimum absolute atomic E-state index is 0.464. The highest BCUT2D eigenvalue weighted by atomic mass is 15.2. The molecule has 0 bridgehead atoms. The summed E-state index contributed by atoms with van der Waals surface area (Å²) in [7, 11) is 0. The number of anilines is 3. The maximum Gasteiger partial charge on any atom is 0.0754 e. The van der Waals surface area contributed by atoms with E-state index < -0.39 is 5.41 Å². The summed E-state index contributed by atoms with van der Waals surface area (Å²) >= 11 is 0. The van der Waals surface area contributed by atoms with Crippen LogP contribution in [0.3, 0.4) is 0 Å². The van der Waals surface area contributed by atoms with Gasteiger partial charge >= 0.3 is 0 Å². The Balaban J connectivity index is 1.05. The van der Waals surface area contributed by atoms with E-state index in [1.807, 2.05) is 0 Å². The van der Waals surface area contributed by atoms with Crippen molar-refractivity contribution >= 4 is 38.9 Å². The minimum atomic E-state index is -0.464. The topological polar surface area (TPSA) is 8.17 Å². The number of benzene rings is 9. The van der Waals surface area contributed by atoms with E-state index in [-0.39, 0.29) is 0 Å². The monoisotopic (exact) mass is 724 g/mol. The first-order valence-corrected chi connectivity index (χ1v) is 19.8. The van der Waals surface area contributed by atoms with Gasteiger partial charge < -0.3 is 9.47 Å². The summed E-state index contributed by atoms with van der Waals surface area (Å²) in [5.41, 5.74) is 19.4. The molecule has 57 heavy (non-hydrogen) atoms. The highest BCUT2D eigenvalue weighted by molar-refractivity contribution is 6.10. The Bertz CT molecular complexity index is 3140. The standard InChI is InChI=1S/C55H36N2/c1-3-16-37(17-4-1)38-18-15-21-42(34-38)57-51-27-12-8-23-44(51)46-36-40(31-33-52(46)57)39-30-32-48-45(35-39)43-22-7-9-24-47(43)55(48)49-25-10-13-28-53(49)56(41-19-5-2-6-20-41)54-29-14-11-26-50(54)55/h1-36H. The van der Waals surface area contributed by atoms with Crippen LogP contribution in [-0.2, 0) is 5.41 Å². The minimum Gasteiger partial charge on any atom is -0.310 e. The average molecular weight is 725 g/mol. The number of nitrogens with zero attached hydrogens (tertiary/aromatic N) is 2. The lowest BCUT2D eigenvalue weighted by Gasteiger charge is -2.45. The fourth-order valence-corrected chi connectivity index (χ4v) is 10.0. The Kier molecular flexibility index (Phi) is 6.88. The van der Waals surface area contributed by atoms with Crippen LogP contribution in [0.2, 0.25) is 0 Å². The van der Waals surface area contributed by atoms with E-state index in [1.165, 1.54) is 88.8 Å². The summed E-state index contributed by atoms with van der Waals surface area (Å²) in [5.74, 6) is 0. The van der Waals surface area contributed by atoms with Crippen LogP contribution in [0.5, 0.6) is 0 Å². The average Bonchev–Trinajstić information content (AvgIpc) is 3.77. The predicted molar refractivity (Wildman–Crippen MR) is 237 cm³/mol. The van der Waals surface area contributed by atoms with Crippen molar-refractivity contribution in [1.29, 1.82) is 0 Å². The molecule has 10 aromatic rings. The number of aromatic nitrogens is 1. The van der Waals surface area contributed by atoms with Crippen molar-refractivity contribution in [3.8, 4) is 39.1 Å². The molecule has 0 radical (unpaired) electrons. The van der Waals surface area contributed by atoms with Gasteiger partial charge in [-0.2, -0.15) is 0 Å². The predicted octanol–water partition coefficient (Wildman–Crippen LogP) is 14.3. The van der Waals surface area contributed by atoms with Crippen LogP contribution in [0.1, 0.15) is 22.3 Å². The molecule has 9 aromatic carbocycles. The van der Waals surface area contributed by atoms with Crippen LogP contribution in [0.4, 0.5) is 17.1 Å². The molecule has 0 saturated carbocycles. The second-order valence-corrected chi connectivity index (χ2v) is 15.3. The van der Waals surface area contributed by atoms with Gasteiger partial charge in [0.1, 0.15) is 0 Å². The maximum atomic E-state index is 2.45. The first-order valence-electron chi connectivity index (χ1n) is 19.8. The fourth-order valence-electron chi connectivity index (χ4n) is 10.0. The molecule has 1 aromatic heterocycles.